The molecule has 0 aliphatic heterocycles. The lowest BCUT2D eigenvalue weighted by Gasteiger charge is -2.04. The van der Waals surface area contributed by atoms with Crippen molar-refractivity contribution in [1.82, 2.24) is 4.37 Å². The highest BCUT2D eigenvalue weighted by Crippen LogP contribution is 2.33. The zero-order valence-corrected chi connectivity index (χ0v) is 9.85. The number of amides is 1. The van der Waals surface area contributed by atoms with Gasteiger partial charge in [-0.1, -0.05) is 12.8 Å². The van der Waals surface area contributed by atoms with Crippen molar-refractivity contribution < 1.29 is 4.79 Å². The van der Waals surface area contributed by atoms with E-state index >= 15 is 0 Å². The molecule has 0 spiro atoms. The summed E-state index contributed by atoms with van der Waals surface area (Å²) in [5.41, 5.74) is 11.1. The van der Waals surface area contributed by atoms with Crippen LogP contribution < -0.4 is 16.8 Å². The van der Waals surface area contributed by atoms with E-state index in [1.807, 2.05) is 0 Å². The second-order valence-corrected chi connectivity index (χ2v) is 4.92. The fourth-order valence-electron chi connectivity index (χ4n) is 1.66. The average Bonchev–Trinajstić information content (AvgIpc) is 2.97. The van der Waals surface area contributed by atoms with Crippen LogP contribution in [0.2, 0.25) is 0 Å². The summed E-state index contributed by atoms with van der Waals surface area (Å²) in [4.78, 5) is 11.1. The van der Waals surface area contributed by atoms with Gasteiger partial charge >= 0.3 is 0 Å². The highest BCUT2D eigenvalue weighted by Gasteiger charge is 2.20. The molecule has 88 valence electrons. The van der Waals surface area contributed by atoms with Gasteiger partial charge < -0.3 is 16.8 Å². The predicted molar refractivity (Wildman–Crippen MR) is 65.5 cm³/mol. The number of nitrogens with zero attached hydrogens (tertiary/aromatic N) is 1. The lowest BCUT2D eigenvalue weighted by molar-refractivity contribution is 0.100. The van der Waals surface area contributed by atoms with Gasteiger partial charge in [0.1, 0.15) is 10.6 Å². The smallest absolute Gasteiger partial charge is 0.255 e. The fraction of sp³-hybridized carbons (Fsp3) is 0.600. The lowest BCUT2D eigenvalue weighted by Crippen LogP contribution is -2.15. The Morgan fingerprint density at radius 1 is 1.56 bits per heavy atom. The molecule has 1 aliphatic rings. The molecule has 2 rings (SSSR count). The minimum atomic E-state index is -0.518. The first-order chi connectivity index (χ1) is 7.68. The molecule has 1 aromatic heterocycles. The van der Waals surface area contributed by atoms with E-state index in [9.17, 15) is 4.79 Å². The van der Waals surface area contributed by atoms with Crippen LogP contribution in [0.25, 0.3) is 0 Å². The Morgan fingerprint density at radius 2 is 2.31 bits per heavy atom. The summed E-state index contributed by atoms with van der Waals surface area (Å²) in [6.45, 7) is 0.846. The molecule has 1 fully saturated rings. The van der Waals surface area contributed by atoms with Gasteiger partial charge in [0, 0.05) is 6.54 Å². The Kier molecular flexibility index (Phi) is 3.28. The number of primary amides is 1. The first kappa shape index (κ1) is 11.2. The van der Waals surface area contributed by atoms with Crippen LogP contribution in [0.15, 0.2) is 0 Å². The molecule has 0 saturated heterocycles. The number of anilines is 2. The van der Waals surface area contributed by atoms with E-state index in [4.69, 9.17) is 11.5 Å². The molecular formula is C10H16N4OS. The third kappa shape index (κ3) is 2.63. The topological polar surface area (TPSA) is 94.0 Å². The van der Waals surface area contributed by atoms with Crippen LogP contribution in [0, 0.1) is 5.92 Å². The van der Waals surface area contributed by atoms with Crippen LogP contribution in [-0.2, 0) is 0 Å². The summed E-state index contributed by atoms with van der Waals surface area (Å²) in [6, 6.07) is 0. The van der Waals surface area contributed by atoms with Crippen molar-refractivity contribution >= 4 is 28.3 Å². The number of nitrogen functional groups attached to an aromatic ring is 1. The molecule has 0 atom stereocenters. The fourth-order valence-corrected chi connectivity index (χ4v) is 2.40. The number of rotatable bonds is 6. The average molecular weight is 240 g/mol. The molecule has 0 aromatic carbocycles. The van der Waals surface area contributed by atoms with Gasteiger partial charge in [-0.05, 0) is 30.3 Å². The second kappa shape index (κ2) is 4.69. The summed E-state index contributed by atoms with van der Waals surface area (Å²) >= 11 is 1.19. The number of nitrogens with one attached hydrogen (secondary N) is 1. The summed E-state index contributed by atoms with van der Waals surface area (Å²) in [6.07, 6.45) is 5.12. The molecule has 1 aliphatic carbocycles. The predicted octanol–water partition coefficient (Wildman–Crippen LogP) is 1.43. The van der Waals surface area contributed by atoms with Crippen molar-refractivity contribution in [2.24, 2.45) is 11.7 Å². The maximum atomic E-state index is 11.1. The standard InChI is InChI=1S/C10H16N4OS/c11-8-7(9(12)15)10(16-14-8)13-5-1-2-6-3-4-6/h6,13H,1-5H2,(H2,11,14)(H2,12,15). The van der Waals surface area contributed by atoms with E-state index in [0.717, 1.165) is 18.9 Å². The number of hydrogen-bond acceptors (Lipinski definition) is 5. The molecular weight excluding hydrogens is 224 g/mol. The summed E-state index contributed by atoms with van der Waals surface area (Å²) in [5.74, 6) is 0.641. The van der Waals surface area contributed by atoms with Crippen molar-refractivity contribution in [3.63, 3.8) is 0 Å². The number of hydrogen-bond donors (Lipinski definition) is 3. The number of aromatic nitrogens is 1. The summed E-state index contributed by atoms with van der Waals surface area (Å²) in [7, 11) is 0. The van der Waals surface area contributed by atoms with Gasteiger partial charge in [-0.3, -0.25) is 4.79 Å². The summed E-state index contributed by atoms with van der Waals surface area (Å²) in [5, 5.41) is 3.87. The van der Waals surface area contributed by atoms with Crippen LogP contribution >= 0.6 is 11.5 Å². The van der Waals surface area contributed by atoms with E-state index in [0.29, 0.717) is 10.6 Å². The molecule has 1 heterocycles. The third-order valence-corrected chi connectivity index (χ3v) is 3.56. The normalized spacial score (nSPS) is 15.0. The molecule has 6 heteroatoms. The third-order valence-electron chi connectivity index (χ3n) is 2.74. The van der Waals surface area contributed by atoms with E-state index in [1.54, 1.807) is 0 Å². The van der Waals surface area contributed by atoms with E-state index in [1.165, 1.54) is 30.8 Å². The lowest BCUT2D eigenvalue weighted by atomic mass is 10.2. The number of carbonyl (C=O) groups excluding carboxylic acids is 1. The molecule has 5 N–H and O–H groups in total. The first-order valence-electron chi connectivity index (χ1n) is 5.47. The van der Waals surface area contributed by atoms with Gasteiger partial charge in [-0.25, -0.2) is 0 Å². The van der Waals surface area contributed by atoms with Crippen LogP contribution in [0.1, 0.15) is 36.0 Å². The van der Waals surface area contributed by atoms with Crippen molar-refractivity contribution in [3.05, 3.63) is 5.56 Å². The number of carbonyl (C=O) groups is 1. The Bertz CT molecular complexity index is 386. The van der Waals surface area contributed by atoms with Gasteiger partial charge in [-0.15, -0.1) is 0 Å². The van der Waals surface area contributed by atoms with Crippen molar-refractivity contribution in [2.45, 2.75) is 25.7 Å². The van der Waals surface area contributed by atoms with Crippen LogP contribution in [0.4, 0.5) is 10.8 Å². The largest absolute Gasteiger partial charge is 0.382 e. The van der Waals surface area contributed by atoms with E-state index < -0.39 is 5.91 Å². The molecule has 1 saturated carbocycles. The molecule has 5 nitrogen and oxygen atoms in total. The zero-order chi connectivity index (χ0) is 11.5. The Labute approximate surface area is 98.4 Å². The quantitative estimate of drug-likeness (QED) is 0.655. The van der Waals surface area contributed by atoms with Crippen molar-refractivity contribution in [3.8, 4) is 0 Å². The van der Waals surface area contributed by atoms with Gasteiger partial charge in [0.05, 0.1) is 0 Å². The minimum absolute atomic E-state index is 0.224. The highest BCUT2D eigenvalue weighted by molar-refractivity contribution is 7.11. The number of nitrogens with two attached hydrogens (primary N) is 2. The van der Waals surface area contributed by atoms with Crippen LogP contribution in [0.5, 0.6) is 0 Å². The van der Waals surface area contributed by atoms with Crippen LogP contribution in [-0.4, -0.2) is 16.8 Å². The molecule has 16 heavy (non-hydrogen) atoms. The molecule has 0 bridgehead atoms. The van der Waals surface area contributed by atoms with Gasteiger partial charge in [-0.2, -0.15) is 4.37 Å². The zero-order valence-electron chi connectivity index (χ0n) is 9.03. The van der Waals surface area contributed by atoms with Crippen LogP contribution in [0.3, 0.4) is 0 Å². The molecule has 1 amide bonds. The monoisotopic (exact) mass is 240 g/mol. The minimum Gasteiger partial charge on any atom is -0.382 e. The Balaban J connectivity index is 1.85. The second-order valence-electron chi connectivity index (χ2n) is 4.15. The molecule has 0 unspecified atom stereocenters. The van der Waals surface area contributed by atoms with Gasteiger partial charge in [0.2, 0.25) is 0 Å². The molecule has 0 radical (unpaired) electrons. The van der Waals surface area contributed by atoms with E-state index in [-0.39, 0.29) is 5.82 Å². The van der Waals surface area contributed by atoms with Gasteiger partial charge in [0.15, 0.2) is 5.82 Å². The Hall–Kier alpha value is -1.30. The maximum absolute atomic E-state index is 11.1. The highest BCUT2D eigenvalue weighted by atomic mass is 32.1. The van der Waals surface area contributed by atoms with Crippen molar-refractivity contribution in [2.75, 3.05) is 17.6 Å². The van der Waals surface area contributed by atoms with E-state index in [2.05, 4.69) is 9.69 Å². The van der Waals surface area contributed by atoms with Crippen molar-refractivity contribution in [1.29, 1.82) is 0 Å². The Morgan fingerprint density at radius 3 is 2.94 bits per heavy atom. The summed E-state index contributed by atoms with van der Waals surface area (Å²) < 4.78 is 3.92. The first-order valence-corrected chi connectivity index (χ1v) is 6.24. The van der Waals surface area contributed by atoms with Gasteiger partial charge in [0.25, 0.3) is 5.91 Å². The molecule has 1 aromatic rings. The SMILES string of the molecule is NC(=O)c1c(N)nsc1NCCCC1CC1. The maximum Gasteiger partial charge on any atom is 0.255 e.